The van der Waals surface area contributed by atoms with E-state index in [1.54, 1.807) is 0 Å². The number of aliphatic hydroxyl groups is 1. The van der Waals surface area contributed by atoms with Gasteiger partial charge in [0.05, 0.1) is 6.61 Å². The second-order valence-electron chi connectivity index (χ2n) is 3.97. The molecule has 1 fully saturated rings. The molecule has 0 aromatic carbocycles. The molecule has 0 spiro atoms. The lowest BCUT2D eigenvalue weighted by molar-refractivity contribution is 0.0924. The van der Waals surface area contributed by atoms with Crippen LogP contribution in [0.4, 0.5) is 0 Å². The third kappa shape index (κ3) is 3.53. The van der Waals surface area contributed by atoms with Gasteiger partial charge in [0.2, 0.25) is 0 Å². The molecule has 0 radical (unpaired) electrons. The van der Waals surface area contributed by atoms with Crippen LogP contribution in [0.15, 0.2) is 0 Å². The molecule has 0 saturated carbocycles. The van der Waals surface area contributed by atoms with Crippen LogP contribution in [0, 0.1) is 0 Å². The van der Waals surface area contributed by atoms with Gasteiger partial charge in [0, 0.05) is 38.8 Å². The van der Waals surface area contributed by atoms with Crippen molar-refractivity contribution in [1.29, 1.82) is 0 Å². The van der Waals surface area contributed by atoms with E-state index in [0.717, 1.165) is 39.3 Å². The van der Waals surface area contributed by atoms with Crippen LogP contribution in [-0.2, 0) is 0 Å². The number of piperazine rings is 1. The van der Waals surface area contributed by atoms with Crippen molar-refractivity contribution in [3.05, 3.63) is 0 Å². The van der Waals surface area contributed by atoms with Gasteiger partial charge in [0.25, 0.3) is 0 Å². The van der Waals surface area contributed by atoms with Crippen LogP contribution in [0.2, 0.25) is 0 Å². The zero-order chi connectivity index (χ0) is 10.4. The molecule has 0 amide bonds. The van der Waals surface area contributed by atoms with Crippen LogP contribution in [0.3, 0.4) is 0 Å². The highest BCUT2D eigenvalue weighted by Gasteiger charge is 2.20. The molecule has 1 saturated heterocycles. The number of hydrogen-bond donors (Lipinski definition) is 2. The average molecular weight is 201 g/mol. The van der Waals surface area contributed by atoms with Crippen molar-refractivity contribution in [3.63, 3.8) is 0 Å². The molecule has 4 heteroatoms. The summed E-state index contributed by atoms with van der Waals surface area (Å²) in [5.74, 6) is 0. The summed E-state index contributed by atoms with van der Waals surface area (Å²) in [5, 5.41) is 12.5. The Morgan fingerprint density at radius 1 is 1.57 bits per heavy atom. The van der Waals surface area contributed by atoms with Crippen LogP contribution in [0.1, 0.15) is 6.92 Å². The third-order valence-electron chi connectivity index (χ3n) is 2.99. The molecule has 84 valence electrons. The summed E-state index contributed by atoms with van der Waals surface area (Å²) in [4.78, 5) is 4.68. The van der Waals surface area contributed by atoms with Gasteiger partial charge in [-0.3, -0.25) is 4.90 Å². The van der Waals surface area contributed by atoms with Gasteiger partial charge in [-0.25, -0.2) is 0 Å². The summed E-state index contributed by atoms with van der Waals surface area (Å²) in [7, 11) is 2.14. The number of nitrogens with one attached hydrogen (secondary N) is 1. The largest absolute Gasteiger partial charge is 0.395 e. The molecule has 1 atom stereocenters. The average Bonchev–Trinajstić information content (AvgIpc) is 2.26. The fourth-order valence-corrected chi connectivity index (χ4v) is 1.73. The Kier molecular flexibility index (Phi) is 5.40. The number of nitrogens with zero attached hydrogens (tertiary/aromatic N) is 2. The first kappa shape index (κ1) is 11.9. The fourth-order valence-electron chi connectivity index (χ4n) is 1.73. The van der Waals surface area contributed by atoms with E-state index >= 15 is 0 Å². The summed E-state index contributed by atoms with van der Waals surface area (Å²) in [6, 6.07) is 0.314. The third-order valence-corrected chi connectivity index (χ3v) is 2.99. The first-order chi connectivity index (χ1) is 6.77. The number of rotatable bonds is 5. The quantitative estimate of drug-likeness (QED) is 0.611. The van der Waals surface area contributed by atoms with Gasteiger partial charge >= 0.3 is 0 Å². The van der Waals surface area contributed by atoms with Gasteiger partial charge in [0.1, 0.15) is 0 Å². The van der Waals surface area contributed by atoms with Crippen molar-refractivity contribution in [3.8, 4) is 0 Å². The highest BCUT2D eigenvalue weighted by Crippen LogP contribution is 2.02. The monoisotopic (exact) mass is 201 g/mol. The molecule has 0 aromatic rings. The van der Waals surface area contributed by atoms with E-state index in [2.05, 4.69) is 29.1 Å². The maximum absolute atomic E-state index is 9.19. The van der Waals surface area contributed by atoms with E-state index in [-0.39, 0.29) is 6.61 Å². The van der Waals surface area contributed by atoms with Crippen LogP contribution in [0.25, 0.3) is 0 Å². The van der Waals surface area contributed by atoms with Crippen molar-refractivity contribution >= 4 is 0 Å². The Morgan fingerprint density at radius 2 is 2.36 bits per heavy atom. The molecule has 0 bridgehead atoms. The normalized spacial score (nSPS) is 24.4. The molecular formula is C10H23N3O. The summed E-state index contributed by atoms with van der Waals surface area (Å²) in [5.41, 5.74) is 0. The first-order valence-corrected chi connectivity index (χ1v) is 5.52. The molecule has 1 heterocycles. The minimum Gasteiger partial charge on any atom is -0.395 e. The van der Waals surface area contributed by atoms with Gasteiger partial charge in [-0.15, -0.1) is 0 Å². The molecule has 2 N–H and O–H groups in total. The van der Waals surface area contributed by atoms with E-state index in [1.165, 1.54) is 0 Å². The first-order valence-electron chi connectivity index (χ1n) is 5.52. The molecular weight excluding hydrogens is 178 g/mol. The standard InChI is InChI=1S/C10H23N3O/c1-3-12(2)6-7-13-5-4-11-8-10(13)9-14/h10-11,14H,3-9H2,1-2H3. The SMILES string of the molecule is CCN(C)CCN1CCNCC1CO. The highest BCUT2D eigenvalue weighted by atomic mass is 16.3. The molecule has 1 rings (SSSR count). The molecule has 1 aliphatic rings. The Balaban J connectivity index is 2.26. The lowest BCUT2D eigenvalue weighted by Crippen LogP contribution is -2.54. The molecule has 4 nitrogen and oxygen atoms in total. The Morgan fingerprint density at radius 3 is 3.00 bits per heavy atom. The van der Waals surface area contributed by atoms with E-state index in [0.29, 0.717) is 6.04 Å². The van der Waals surface area contributed by atoms with Gasteiger partial charge in [-0.2, -0.15) is 0 Å². The van der Waals surface area contributed by atoms with Crippen LogP contribution in [-0.4, -0.2) is 73.9 Å². The van der Waals surface area contributed by atoms with Gasteiger partial charge in [-0.05, 0) is 13.6 Å². The van der Waals surface area contributed by atoms with Crippen molar-refractivity contribution < 1.29 is 5.11 Å². The summed E-state index contributed by atoms with van der Waals surface area (Å²) in [6.45, 7) is 8.71. The molecule has 14 heavy (non-hydrogen) atoms. The minimum atomic E-state index is 0.267. The molecule has 1 aliphatic heterocycles. The van der Waals surface area contributed by atoms with Gasteiger partial charge in [0.15, 0.2) is 0 Å². The molecule has 1 unspecified atom stereocenters. The Hall–Kier alpha value is -0.160. The lowest BCUT2D eigenvalue weighted by Gasteiger charge is -2.35. The topological polar surface area (TPSA) is 38.7 Å². The Labute approximate surface area is 86.9 Å². The lowest BCUT2D eigenvalue weighted by atomic mass is 10.2. The number of likely N-dealkylation sites (N-methyl/N-ethyl adjacent to an activating group) is 1. The van der Waals surface area contributed by atoms with Crippen LogP contribution < -0.4 is 5.32 Å². The predicted molar refractivity (Wildman–Crippen MR) is 58.5 cm³/mol. The maximum Gasteiger partial charge on any atom is 0.0599 e. The molecule has 0 aromatic heterocycles. The van der Waals surface area contributed by atoms with Crippen molar-refractivity contribution in [1.82, 2.24) is 15.1 Å². The number of aliphatic hydroxyl groups excluding tert-OH is 1. The maximum atomic E-state index is 9.19. The highest BCUT2D eigenvalue weighted by molar-refractivity contribution is 4.79. The summed E-state index contributed by atoms with van der Waals surface area (Å²) < 4.78 is 0. The zero-order valence-electron chi connectivity index (χ0n) is 9.37. The minimum absolute atomic E-state index is 0.267. The van der Waals surface area contributed by atoms with Crippen LogP contribution >= 0.6 is 0 Å². The van der Waals surface area contributed by atoms with Crippen LogP contribution in [0.5, 0.6) is 0 Å². The number of hydrogen-bond acceptors (Lipinski definition) is 4. The fraction of sp³-hybridized carbons (Fsp3) is 1.00. The van der Waals surface area contributed by atoms with Crippen molar-refractivity contribution in [2.24, 2.45) is 0 Å². The molecule has 0 aliphatic carbocycles. The Bertz CT molecular complexity index is 154. The van der Waals surface area contributed by atoms with E-state index in [4.69, 9.17) is 0 Å². The second-order valence-corrected chi connectivity index (χ2v) is 3.97. The van der Waals surface area contributed by atoms with E-state index in [1.807, 2.05) is 0 Å². The van der Waals surface area contributed by atoms with Gasteiger partial charge in [-0.1, -0.05) is 6.92 Å². The second kappa shape index (κ2) is 6.35. The summed E-state index contributed by atoms with van der Waals surface area (Å²) in [6.07, 6.45) is 0. The van der Waals surface area contributed by atoms with E-state index in [9.17, 15) is 5.11 Å². The summed E-state index contributed by atoms with van der Waals surface area (Å²) >= 11 is 0. The van der Waals surface area contributed by atoms with Gasteiger partial charge < -0.3 is 15.3 Å². The van der Waals surface area contributed by atoms with E-state index < -0.39 is 0 Å². The van der Waals surface area contributed by atoms with Crippen molar-refractivity contribution in [2.75, 3.05) is 52.9 Å². The van der Waals surface area contributed by atoms with Crippen molar-refractivity contribution in [2.45, 2.75) is 13.0 Å². The predicted octanol–water partition coefficient (Wildman–Crippen LogP) is -0.796. The smallest absolute Gasteiger partial charge is 0.0599 e. The zero-order valence-corrected chi connectivity index (χ0v) is 9.37.